The molecule has 3 rings (SSSR count). The monoisotopic (exact) mass is 423 g/mol. The second kappa shape index (κ2) is 8.51. The highest BCUT2D eigenvalue weighted by atomic mass is 19.4. The highest BCUT2D eigenvalue weighted by Gasteiger charge is 2.37. The van der Waals surface area contributed by atoms with E-state index < -0.39 is 12.3 Å². The Balaban J connectivity index is 1.70. The third kappa shape index (κ3) is 5.41. The summed E-state index contributed by atoms with van der Waals surface area (Å²) in [6, 6.07) is 9.43. The lowest BCUT2D eigenvalue weighted by Crippen LogP contribution is -2.39. The number of alkyl halides is 3. The second-order valence-corrected chi connectivity index (χ2v) is 7.66. The number of anilines is 1. The smallest absolute Gasteiger partial charge is 0.461 e. The summed E-state index contributed by atoms with van der Waals surface area (Å²) in [5, 5.41) is 0. The van der Waals surface area contributed by atoms with Crippen LogP contribution in [0.25, 0.3) is 0 Å². The van der Waals surface area contributed by atoms with E-state index in [1.807, 2.05) is 6.07 Å². The van der Waals surface area contributed by atoms with Crippen molar-refractivity contribution in [2.24, 2.45) is 0 Å². The number of pyridine rings is 1. The quantitative estimate of drug-likeness (QED) is 0.649. The van der Waals surface area contributed by atoms with Gasteiger partial charge in [-0.25, -0.2) is 9.78 Å². The first-order valence-electron chi connectivity index (χ1n) is 9.55. The van der Waals surface area contributed by atoms with Gasteiger partial charge in [0.25, 0.3) is 0 Å². The number of hydrogen-bond donors (Lipinski definition) is 0. The van der Waals surface area contributed by atoms with Gasteiger partial charge in [-0.2, -0.15) is 0 Å². The molecule has 1 aromatic heterocycles. The van der Waals surface area contributed by atoms with Crippen LogP contribution in [-0.4, -0.2) is 47.6 Å². The molecular formula is C21H24F3N3O3. The van der Waals surface area contributed by atoms with Gasteiger partial charge in [-0.3, -0.25) is 4.90 Å². The van der Waals surface area contributed by atoms with Gasteiger partial charge in [-0.15, -0.1) is 13.2 Å². The summed E-state index contributed by atoms with van der Waals surface area (Å²) >= 11 is 0. The van der Waals surface area contributed by atoms with E-state index >= 15 is 0 Å². The van der Waals surface area contributed by atoms with E-state index in [0.717, 1.165) is 11.3 Å². The molecule has 6 nitrogen and oxygen atoms in total. The van der Waals surface area contributed by atoms with Crippen LogP contribution < -0.4 is 9.64 Å². The fraction of sp³-hybridized carbons (Fsp3) is 0.429. The molecule has 30 heavy (non-hydrogen) atoms. The summed E-state index contributed by atoms with van der Waals surface area (Å²) < 4.78 is 46.0. The molecule has 0 atom stereocenters. The Kier molecular flexibility index (Phi) is 6.21. The molecule has 1 fully saturated rings. The first-order valence-corrected chi connectivity index (χ1v) is 9.55. The summed E-state index contributed by atoms with van der Waals surface area (Å²) in [6.45, 7) is 8.10. The van der Waals surface area contributed by atoms with E-state index in [9.17, 15) is 18.0 Å². The molecule has 0 unspecified atom stereocenters. The van der Waals surface area contributed by atoms with Gasteiger partial charge in [-0.05, 0) is 62.7 Å². The van der Waals surface area contributed by atoms with E-state index in [1.165, 1.54) is 12.1 Å². The van der Waals surface area contributed by atoms with Crippen LogP contribution in [0.5, 0.6) is 5.75 Å². The number of nitrogens with zero attached hydrogens (tertiary/aromatic N) is 3. The second-order valence-electron chi connectivity index (χ2n) is 7.66. The predicted octanol–water partition coefficient (Wildman–Crippen LogP) is 4.22. The molecule has 0 aliphatic carbocycles. The number of carbonyl (C=O) groups is 1. The lowest BCUT2D eigenvalue weighted by atomic mass is 10.0. The largest absolute Gasteiger partial charge is 0.573 e. The van der Waals surface area contributed by atoms with Crippen LogP contribution in [0.2, 0.25) is 0 Å². The van der Waals surface area contributed by atoms with Gasteiger partial charge in [0.05, 0.1) is 13.3 Å². The summed E-state index contributed by atoms with van der Waals surface area (Å²) in [5.74, 6) is -0.701. The molecule has 2 aromatic rings. The zero-order valence-electron chi connectivity index (χ0n) is 17.1. The number of esters is 1. The van der Waals surface area contributed by atoms with Gasteiger partial charge in [-0.1, -0.05) is 0 Å². The molecule has 2 heterocycles. The third-order valence-electron chi connectivity index (χ3n) is 4.89. The first kappa shape index (κ1) is 21.9. The molecule has 1 aromatic carbocycles. The summed E-state index contributed by atoms with van der Waals surface area (Å²) in [5.41, 5.74) is 1.82. The minimum Gasteiger partial charge on any atom is -0.461 e. The van der Waals surface area contributed by atoms with Gasteiger partial charge < -0.3 is 14.4 Å². The van der Waals surface area contributed by atoms with Crippen molar-refractivity contribution in [3.8, 4) is 5.75 Å². The van der Waals surface area contributed by atoms with Crippen molar-refractivity contribution in [1.29, 1.82) is 0 Å². The van der Waals surface area contributed by atoms with Crippen molar-refractivity contribution in [2.45, 2.75) is 39.2 Å². The van der Waals surface area contributed by atoms with E-state index in [4.69, 9.17) is 4.74 Å². The maximum Gasteiger partial charge on any atom is 0.573 e. The Morgan fingerprint density at radius 1 is 1.20 bits per heavy atom. The number of ether oxygens (including phenoxy) is 2. The predicted molar refractivity (Wildman–Crippen MR) is 105 cm³/mol. The molecule has 9 heteroatoms. The lowest BCUT2D eigenvalue weighted by molar-refractivity contribution is -0.274. The average Bonchev–Trinajstić information content (AvgIpc) is 2.96. The molecule has 1 aliphatic rings. The third-order valence-corrected chi connectivity index (χ3v) is 4.89. The maximum absolute atomic E-state index is 12.4. The molecule has 0 N–H and O–H groups in total. The first-order chi connectivity index (χ1) is 14.1. The van der Waals surface area contributed by atoms with E-state index in [1.54, 1.807) is 31.3 Å². The topological polar surface area (TPSA) is 54.9 Å². The molecule has 0 saturated carbocycles. The fourth-order valence-electron chi connectivity index (χ4n) is 3.42. The normalized spacial score (nSPS) is 16.5. The van der Waals surface area contributed by atoms with Crippen LogP contribution in [0.4, 0.5) is 18.9 Å². The molecule has 0 bridgehead atoms. The van der Waals surface area contributed by atoms with Crippen LogP contribution in [0.15, 0.2) is 42.6 Å². The molecule has 0 radical (unpaired) electrons. The van der Waals surface area contributed by atoms with Crippen molar-refractivity contribution in [3.05, 3.63) is 53.9 Å². The van der Waals surface area contributed by atoms with Crippen molar-refractivity contribution in [3.63, 3.8) is 0 Å². The molecule has 0 spiro atoms. The molecule has 162 valence electrons. The molecular weight excluding hydrogens is 399 g/mol. The van der Waals surface area contributed by atoms with Crippen LogP contribution in [-0.2, 0) is 11.3 Å². The van der Waals surface area contributed by atoms with Gasteiger partial charge in [0.1, 0.15) is 11.4 Å². The molecule has 1 saturated heterocycles. The summed E-state index contributed by atoms with van der Waals surface area (Å²) in [7, 11) is 0. The summed E-state index contributed by atoms with van der Waals surface area (Å²) in [6.07, 6.45) is -3.12. The number of aromatic nitrogens is 1. The van der Waals surface area contributed by atoms with Crippen molar-refractivity contribution in [2.75, 3.05) is 24.7 Å². The zero-order chi connectivity index (χ0) is 21.9. The van der Waals surface area contributed by atoms with E-state index in [-0.39, 0.29) is 23.6 Å². The van der Waals surface area contributed by atoms with Crippen LogP contribution in [0.1, 0.15) is 36.8 Å². The SMILES string of the molecule is CCOC(=O)c1cc(CN2CN(c3ccc(OC(F)(F)F)cc3)CC2(C)C)ccn1. The van der Waals surface area contributed by atoms with Crippen molar-refractivity contribution >= 4 is 11.7 Å². The fourth-order valence-corrected chi connectivity index (χ4v) is 3.42. The Bertz CT molecular complexity index is 885. The minimum absolute atomic E-state index is 0.186. The number of benzene rings is 1. The number of carbonyl (C=O) groups excluding carboxylic acids is 1. The van der Waals surface area contributed by atoms with Crippen LogP contribution in [0, 0.1) is 0 Å². The Labute approximate surface area is 173 Å². The van der Waals surface area contributed by atoms with E-state index in [2.05, 4.69) is 33.4 Å². The van der Waals surface area contributed by atoms with Gasteiger partial charge in [0.2, 0.25) is 0 Å². The highest BCUT2D eigenvalue weighted by molar-refractivity contribution is 5.87. The lowest BCUT2D eigenvalue weighted by Gasteiger charge is -2.29. The Morgan fingerprint density at radius 2 is 1.90 bits per heavy atom. The van der Waals surface area contributed by atoms with Gasteiger partial charge in [0.15, 0.2) is 0 Å². The number of halogens is 3. The van der Waals surface area contributed by atoms with E-state index in [0.29, 0.717) is 19.8 Å². The molecule has 1 aliphatic heterocycles. The van der Waals surface area contributed by atoms with Crippen LogP contribution >= 0.6 is 0 Å². The zero-order valence-corrected chi connectivity index (χ0v) is 17.1. The molecule has 0 amide bonds. The number of rotatable bonds is 6. The van der Waals surface area contributed by atoms with Gasteiger partial charge in [0, 0.05) is 30.5 Å². The highest BCUT2D eigenvalue weighted by Crippen LogP contribution is 2.32. The van der Waals surface area contributed by atoms with Crippen molar-refractivity contribution in [1.82, 2.24) is 9.88 Å². The maximum atomic E-state index is 12.4. The standard InChI is InChI=1S/C21H24F3N3O3/c1-4-29-19(28)18-11-15(9-10-25-18)12-27-14-26(13-20(27,2)3)16-5-7-17(8-6-16)30-21(22,23)24/h5-11H,4,12-14H2,1-3H3. The van der Waals surface area contributed by atoms with Crippen molar-refractivity contribution < 1.29 is 27.4 Å². The average molecular weight is 423 g/mol. The Hall–Kier alpha value is -2.81. The summed E-state index contributed by atoms with van der Waals surface area (Å²) in [4.78, 5) is 20.3. The minimum atomic E-state index is -4.71. The number of hydrogen-bond acceptors (Lipinski definition) is 6. The van der Waals surface area contributed by atoms with Crippen LogP contribution in [0.3, 0.4) is 0 Å². The van der Waals surface area contributed by atoms with Gasteiger partial charge >= 0.3 is 12.3 Å². The Morgan fingerprint density at radius 3 is 2.53 bits per heavy atom.